The van der Waals surface area contributed by atoms with Gasteiger partial charge in [0.05, 0.1) is 10.2 Å². The van der Waals surface area contributed by atoms with Crippen molar-refractivity contribution in [2.24, 2.45) is 5.73 Å². The van der Waals surface area contributed by atoms with Gasteiger partial charge in [0.25, 0.3) is 0 Å². The molecule has 0 fully saturated rings. The minimum atomic E-state index is 0.104. The standard InChI is InChI=1S/C17H16N2S2/c18-16-12-6-2-1-5-11(12)9-10-15(16)21-17-19-13-7-3-4-8-14(13)20-17/h1-8,15-16H,9-10,18H2. The number of fused-ring (bicyclic) bond motifs is 2. The van der Waals surface area contributed by atoms with Crippen LogP contribution in [0.25, 0.3) is 10.2 Å². The van der Waals surface area contributed by atoms with Crippen molar-refractivity contribution in [2.75, 3.05) is 0 Å². The third-order valence-electron chi connectivity index (χ3n) is 4.04. The Balaban J connectivity index is 1.60. The van der Waals surface area contributed by atoms with Gasteiger partial charge in [0, 0.05) is 11.3 Å². The molecule has 2 atom stereocenters. The van der Waals surface area contributed by atoms with Crippen LogP contribution in [0.4, 0.5) is 0 Å². The average molecular weight is 312 g/mol. The van der Waals surface area contributed by atoms with Crippen LogP contribution in [0.5, 0.6) is 0 Å². The molecule has 0 radical (unpaired) electrons. The van der Waals surface area contributed by atoms with E-state index in [-0.39, 0.29) is 6.04 Å². The van der Waals surface area contributed by atoms with Crippen LogP contribution < -0.4 is 5.73 Å². The van der Waals surface area contributed by atoms with Gasteiger partial charge in [-0.15, -0.1) is 11.3 Å². The predicted octanol–water partition coefficient (Wildman–Crippen LogP) is 4.40. The third kappa shape index (κ3) is 2.48. The number of hydrogen-bond donors (Lipinski definition) is 1. The summed E-state index contributed by atoms with van der Waals surface area (Å²) in [6.07, 6.45) is 2.24. The smallest absolute Gasteiger partial charge is 0.151 e. The van der Waals surface area contributed by atoms with E-state index in [1.807, 2.05) is 17.8 Å². The summed E-state index contributed by atoms with van der Waals surface area (Å²) in [4.78, 5) is 4.72. The number of rotatable bonds is 2. The quantitative estimate of drug-likeness (QED) is 0.762. The lowest BCUT2D eigenvalue weighted by Gasteiger charge is -2.29. The number of aromatic nitrogens is 1. The summed E-state index contributed by atoms with van der Waals surface area (Å²) in [7, 11) is 0. The van der Waals surface area contributed by atoms with Crippen molar-refractivity contribution < 1.29 is 0 Å². The van der Waals surface area contributed by atoms with E-state index in [0.29, 0.717) is 5.25 Å². The first kappa shape index (κ1) is 13.3. The maximum atomic E-state index is 6.49. The monoisotopic (exact) mass is 312 g/mol. The van der Waals surface area contributed by atoms with Crippen LogP contribution in [0, 0.1) is 0 Å². The predicted molar refractivity (Wildman–Crippen MR) is 91.0 cm³/mol. The van der Waals surface area contributed by atoms with E-state index in [1.165, 1.54) is 15.8 Å². The van der Waals surface area contributed by atoms with E-state index < -0.39 is 0 Å². The van der Waals surface area contributed by atoms with Gasteiger partial charge in [-0.05, 0) is 36.1 Å². The van der Waals surface area contributed by atoms with Crippen LogP contribution in [-0.2, 0) is 6.42 Å². The van der Waals surface area contributed by atoms with Crippen molar-refractivity contribution in [1.82, 2.24) is 4.98 Å². The highest BCUT2D eigenvalue weighted by Crippen LogP contribution is 2.41. The fraction of sp³-hybridized carbons (Fsp3) is 0.235. The summed E-state index contributed by atoms with van der Waals surface area (Å²) in [5.41, 5.74) is 10.3. The van der Waals surface area contributed by atoms with Crippen LogP contribution in [0.3, 0.4) is 0 Å². The summed E-state index contributed by atoms with van der Waals surface area (Å²) in [6.45, 7) is 0. The van der Waals surface area contributed by atoms with Gasteiger partial charge in [-0.3, -0.25) is 0 Å². The van der Waals surface area contributed by atoms with Gasteiger partial charge in [0.2, 0.25) is 0 Å². The number of benzene rings is 2. The molecule has 0 saturated carbocycles. The molecule has 1 aliphatic rings. The number of para-hydroxylation sites is 1. The van der Waals surface area contributed by atoms with Crippen LogP contribution in [0.15, 0.2) is 52.9 Å². The van der Waals surface area contributed by atoms with Crippen LogP contribution in [0.2, 0.25) is 0 Å². The molecule has 1 aromatic heterocycles. The Morgan fingerprint density at radius 1 is 1.10 bits per heavy atom. The van der Waals surface area contributed by atoms with Crippen molar-refractivity contribution in [3.05, 3.63) is 59.7 Å². The number of aryl methyl sites for hydroxylation is 1. The summed E-state index contributed by atoms with van der Waals surface area (Å²) in [6, 6.07) is 17.0. The topological polar surface area (TPSA) is 38.9 Å². The molecular weight excluding hydrogens is 296 g/mol. The Hall–Kier alpha value is -1.36. The highest BCUT2D eigenvalue weighted by Gasteiger charge is 2.28. The summed E-state index contributed by atoms with van der Waals surface area (Å²) >= 11 is 3.61. The first-order chi connectivity index (χ1) is 10.3. The zero-order valence-electron chi connectivity index (χ0n) is 11.5. The first-order valence-electron chi connectivity index (χ1n) is 7.17. The van der Waals surface area contributed by atoms with Gasteiger partial charge >= 0.3 is 0 Å². The molecule has 1 heterocycles. The second-order valence-electron chi connectivity index (χ2n) is 5.37. The molecule has 4 heteroatoms. The summed E-state index contributed by atoms with van der Waals surface area (Å²) < 4.78 is 2.39. The number of hydrogen-bond acceptors (Lipinski definition) is 4. The minimum absolute atomic E-state index is 0.104. The molecule has 1 aliphatic carbocycles. The van der Waals surface area contributed by atoms with Crippen molar-refractivity contribution in [3.8, 4) is 0 Å². The largest absolute Gasteiger partial charge is 0.323 e. The van der Waals surface area contributed by atoms with Gasteiger partial charge in [-0.2, -0.15) is 0 Å². The Labute approximate surface area is 132 Å². The lowest BCUT2D eigenvalue weighted by molar-refractivity contribution is 0.587. The zero-order chi connectivity index (χ0) is 14.2. The summed E-state index contributed by atoms with van der Waals surface area (Å²) in [5, 5.41) is 0.417. The molecule has 0 aliphatic heterocycles. The van der Waals surface area contributed by atoms with E-state index >= 15 is 0 Å². The fourth-order valence-corrected chi connectivity index (χ4v) is 5.40. The molecule has 21 heavy (non-hydrogen) atoms. The maximum Gasteiger partial charge on any atom is 0.151 e. The molecule has 2 N–H and O–H groups in total. The summed E-state index contributed by atoms with van der Waals surface area (Å²) in [5.74, 6) is 0. The van der Waals surface area contributed by atoms with E-state index in [1.54, 1.807) is 11.3 Å². The first-order valence-corrected chi connectivity index (χ1v) is 8.86. The van der Waals surface area contributed by atoms with Crippen LogP contribution >= 0.6 is 23.1 Å². The van der Waals surface area contributed by atoms with E-state index in [4.69, 9.17) is 10.7 Å². The van der Waals surface area contributed by atoms with E-state index in [2.05, 4.69) is 42.5 Å². The Morgan fingerprint density at radius 2 is 1.90 bits per heavy atom. The second-order valence-corrected chi connectivity index (χ2v) is 7.88. The number of thiazole rings is 1. The Bertz CT molecular complexity index is 748. The molecular formula is C17H16N2S2. The van der Waals surface area contributed by atoms with Crippen LogP contribution in [0.1, 0.15) is 23.6 Å². The van der Waals surface area contributed by atoms with Gasteiger partial charge in [0.1, 0.15) is 0 Å². The zero-order valence-corrected chi connectivity index (χ0v) is 13.2. The lowest BCUT2D eigenvalue weighted by atomic mass is 9.88. The van der Waals surface area contributed by atoms with Crippen molar-refractivity contribution in [3.63, 3.8) is 0 Å². The molecule has 2 unspecified atom stereocenters. The van der Waals surface area contributed by atoms with Gasteiger partial charge in [-0.25, -0.2) is 4.98 Å². The number of thioether (sulfide) groups is 1. The molecule has 0 spiro atoms. The maximum absolute atomic E-state index is 6.49. The normalized spacial score (nSPS) is 21.4. The second kappa shape index (κ2) is 5.44. The molecule has 106 valence electrons. The molecule has 4 rings (SSSR count). The Morgan fingerprint density at radius 3 is 2.81 bits per heavy atom. The molecule has 0 saturated heterocycles. The average Bonchev–Trinajstić information content (AvgIpc) is 2.93. The van der Waals surface area contributed by atoms with Crippen molar-refractivity contribution in [1.29, 1.82) is 0 Å². The molecule has 0 bridgehead atoms. The number of nitrogens with two attached hydrogens (primary N) is 1. The van der Waals surface area contributed by atoms with E-state index in [0.717, 1.165) is 22.7 Å². The van der Waals surface area contributed by atoms with Gasteiger partial charge in [0.15, 0.2) is 4.34 Å². The molecule has 2 nitrogen and oxygen atoms in total. The van der Waals surface area contributed by atoms with E-state index in [9.17, 15) is 0 Å². The minimum Gasteiger partial charge on any atom is -0.323 e. The Kier molecular flexibility index (Phi) is 3.45. The molecule has 3 aromatic rings. The number of nitrogens with zero attached hydrogens (tertiary/aromatic N) is 1. The lowest BCUT2D eigenvalue weighted by Crippen LogP contribution is -2.29. The highest BCUT2D eigenvalue weighted by molar-refractivity contribution is 8.01. The third-order valence-corrected chi connectivity index (χ3v) is 6.53. The van der Waals surface area contributed by atoms with Crippen LogP contribution in [-0.4, -0.2) is 10.2 Å². The van der Waals surface area contributed by atoms with Crippen molar-refractivity contribution in [2.45, 2.75) is 28.5 Å². The molecule has 0 amide bonds. The molecule has 2 aromatic carbocycles. The van der Waals surface area contributed by atoms with Gasteiger partial charge in [-0.1, -0.05) is 48.2 Å². The van der Waals surface area contributed by atoms with Crippen molar-refractivity contribution >= 4 is 33.3 Å². The van der Waals surface area contributed by atoms with Gasteiger partial charge < -0.3 is 5.73 Å². The SMILES string of the molecule is NC1c2ccccc2CCC1Sc1nc2ccccc2s1. The highest BCUT2D eigenvalue weighted by atomic mass is 32.2. The fourth-order valence-electron chi connectivity index (χ4n) is 2.93.